The Morgan fingerprint density at radius 3 is 1.00 bits per heavy atom. The van der Waals surface area contributed by atoms with Crippen molar-refractivity contribution >= 4 is 71.7 Å². The quantitative estimate of drug-likeness (QED) is 0.363. The van der Waals surface area contributed by atoms with E-state index in [9.17, 15) is 0 Å². The Morgan fingerprint density at radius 1 is 0.643 bits per heavy atom. The first kappa shape index (κ1) is 15.3. The van der Waals surface area contributed by atoms with E-state index in [1.807, 2.05) is 0 Å². The summed E-state index contributed by atoms with van der Waals surface area (Å²) in [5.74, 6) is 0. The van der Waals surface area contributed by atoms with Gasteiger partial charge in [0.1, 0.15) is 0 Å². The maximum atomic E-state index is 4.81. The van der Waals surface area contributed by atoms with E-state index in [0.717, 1.165) is 0 Å². The lowest BCUT2D eigenvalue weighted by molar-refractivity contribution is -0.215. The van der Waals surface area contributed by atoms with Crippen molar-refractivity contribution in [2.75, 3.05) is 0 Å². The van der Waals surface area contributed by atoms with E-state index in [1.165, 1.54) is 0 Å². The number of rotatable bonds is 7. The third-order valence-corrected chi connectivity index (χ3v) is 6.88. The van der Waals surface area contributed by atoms with Crippen molar-refractivity contribution in [1.29, 1.82) is 0 Å². The third-order valence-electron chi connectivity index (χ3n) is 1.18. The van der Waals surface area contributed by atoms with Gasteiger partial charge in [-0.2, -0.15) is 0 Å². The largest absolute Gasteiger partial charge is 0.561 e. The minimum atomic E-state index is -3.57. The van der Waals surface area contributed by atoms with Crippen molar-refractivity contribution in [1.82, 2.24) is 0 Å². The van der Waals surface area contributed by atoms with Gasteiger partial charge in [0.2, 0.25) is 31.5 Å². The van der Waals surface area contributed by atoms with E-state index in [4.69, 9.17) is 25.6 Å². The molecule has 0 rings (SSSR count). The van der Waals surface area contributed by atoms with E-state index in [2.05, 4.69) is 62.9 Å². The van der Waals surface area contributed by atoms with Crippen molar-refractivity contribution in [3.63, 3.8) is 0 Å². The lowest BCUT2D eigenvalue weighted by Crippen LogP contribution is -2.68. The zero-order valence-corrected chi connectivity index (χ0v) is 13.4. The fourth-order valence-electron chi connectivity index (χ4n) is 0.500. The van der Waals surface area contributed by atoms with Gasteiger partial charge in [-0.1, -0.05) is 0 Å². The average molecular weight is 305 g/mol. The predicted molar refractivity (Wildman–Crippen MR) is 49.5 cm³/mol. The minimum absolute atomic E-state index is 1.84. The standard InChI is InChI=1S/CO6Si7/c8-2-1(3-9,4-10)14(5-11,6-12)7-13. The van der Waals surface area contributed by atoms with Gasteiger partial charge in [-0.05, 0) is 0 Å². The minimum Gasteiger partial charge on any atom is -0.412 e. The third kappa shape index (κ3) is 2.50. The topological polar surface area (TPSA) is 55.4 Å². The molecule has 0 aromatic heterocycles. The summed E-state index contributed by atoms with van der Waals surface area (Å²) in [6.07, 6.45) is 0. The molecule has 14 heavy (non-hydrogen) atoms. The highest BCUT2D eigenvalue weighted by atomic mass is 28.5. The predicted octanol–water partition coefficient (Wildman–Crippen LogP) is -3.28. The van der Waals surface area contributed by atoms with E-state index >= 15 is 0 Å². The molecule has 0 aromatic carbocycles. The molecule has 18 radical (unpaired) electrons. The van der Waals surface area contributed by atoms with Crippen LogP contribution in [0.2, 0.25) is 0 Å². The zero-order chi connectivity index (χ0) is 11.2. The second-order valence-electron chi connectivity index (χ2n) is 1.72. The fourth-order valence-corrected chi connectivity index (χ4v) is 5.63. The highest BCUT2D eigenvalue weighted by Gasteiger charge is 2.62. The normalized spacial score (nSPS) is 13.3. The van der Waals surface area contributed by atoms with E-state index in [1.54, 1.807) is 0 Å². The van der Waals surface area contributed by atoms with Crippen molar-refractivity contribution in [3.8, 4) is 0 Å². The molecule has 0 fully saturated rings. The molecule has 68 valence electrons. The van der Waals surface area contributed by atoms with Crippen molar-refractivity contribution in [3.05, 3.63) is 0 Å². The maximum absolute atomic E-state index is 4.81. The summed E-state index contributed by atoms with van der Waals surface area (Å²) in [7, 11) is 12.8. The molecule has 0 saturated heterocycles. The Hall–Kier alpha value is 1.28. The molecule has 6 nitrogen and oxygen atoms in total. The molecule has 0 atom stereocenters. The van der Waals surface area contributed by atoms with Crippen LogP contribution in [0.3, 0.4) is 0 Å². The first-order valence-electron chi connectivity index (χ1n) is 2.70. The summed E-state index contributed by atoms with van der Waals surface area (Å²) in [4.78, 5) is 0. The van der Waals surface area contributed by atoms with Gasteiger partial charge < -0.3 is 25.6 Å². The van der Waals surface area contributed by atoms with Crippen LogP contribution in [0.5, 0.6) is 0 Å². The van der Waals surface area contributed by atoms with Crippen LogP contribution in [0.15, 0.2) is 0 Å². The zero-order valence-electron chi connectivity index (χ0n) is 6.45. The molecule has 0 aliphatic carbocycles. The first-order chi connectivity index (χ1) is 6.61. The fraction of sp³-hybridized carbons (Fsp3) is 1.00. The first-order valence-corrected chi connectivity index (χ1v) is 6.87. The van der Waals surface area contributed by atoms with Gasteiger partial charge in [0, 0.05) is 0 Å². The number of hydrogen-bond acceptors (Lipinski definition) is 6. The molecule has 0 aliphatic heterocycles. The van der Waals surface area contributed by atoms with E-state index < -0.39 is 14.4 Å². The van der Waals surface area contributed by atoms with Crippen LogP contribution in [-0.2, 0) is 25.6 Å². The van der Waals surface area contributed by atoms with Crippen molar-refractivity contribution in [2.24, 2.45) is 0 Å². The monoisotopic (exact) mass is 304 g/mol. The van der Waals surface area contributed by atoms with E-state index in [0.29, 0.717) is 0 Å². The summed E-state index contributed by atoms with van der Waals surface area (Å²) in [5, 5.41) is 0. The van der Waals surface area contributed by atoms with Gasteiger partial charge in [0.25, 0.3) is 31.5 Å². The SMILES string of the molecule is [Si]OC(O[Si])(O[Si])[Si](O[Si])(O[Si])O[Si]. The summed E-state index contributed by atoms with van der Waals surface area (Å²) < 4.78 is 28.6. The molecule has 0 amide bonds. The van der Waals surface area contributed by atoms with Crippen LogP contribution < -0.4 is 0 Å². The molecule has 0 bridgehead atoms. The summed E-state index contributed by atoms with van der Waals surface area (Å²) in [6.45, 7) is 0. The van der Waals surface area contributed by atoms with Gasteiger partial charge in [0.05, 0.1) is 0 Å². The Morgan fingerprint density at radius 2 is 0.929 bits per heavy atom. The Labute approximate surface area is 103 Å². The lowest BCUT2D eigenvalue weighted by atomic mass is 11.3. The smallest absolute Gasteiger partial charge is 0.412 e. The van der Waals surface area contributed by atoms with Crippen LogP contribution in [-0.4, -0.2) is 77.3 Å². The van der Waals surface area contributed by atoms with Gasteiger partial charge >= 0.3 is 14.4 Å². The van der Waals surface area contributed by atoms with Gasteiger partial charge in [-0.3, -0.25) is 0 Å². The molecule has 0 unspecified atom stereocenters. The van der Waals surface area contributed by atoms with Crippen LogP contribution in [0, 0.1) is 0 Å². The summed E-state index contributed by atoms with van der Waals surface area (Å²) >= 11 is 0. The molecule has 13 heteroatoms. The highest BCUT2D eigenvalue weighted by Crippen LogP contribution is 2.26. The second-order valence-corrected chi connectivity index (χ2v) is 6.51. The van der Waals surface area contributed by atoms with Gasteiger partial charge in [0.15, 0.2) is 0 Å². The van der Waals surface area contributed by atoms with Crippen LogP contribution in [0.4, 0.5) is 0 Å². The summed E-state index contributed by atoms with van der Waals surface area (Å²) in [5.41, 5.74) is -1.84. The Bertz CT molecular complexity index is 122. The molecule has 0 aliphatic rings. The van der Waals surface area contributed by atoms with Crippen molar-refractivity contribution in [2.45, 2.75) is 5.60 Å². The van der Waals surface area contributed by atoms with Gasteiger partial charge in [-0.25, -0.2) is 0 Å². The van der Waals surface area contributed by atoms with Crippen LogP contribution >= 0.6 is 0 Å². The molecule has 0 heterocycles. The molecular formula is CO6Si7. The maximum Gasteiger partial charge on any atom is 0.561 e. The van der Waals surface area contributed by atoms with Crippen molar-refractivity contribution < 1.29 is 25.6 Å². The van der Waals surface area contributed by atoms with E-state index in [-0.39, 0.29) is 0 Å². The molecule has 0 saturated carbocycles. The van der Waals surface area contributed by atoms with Crippen LogP contribution in [0.1, 0.15) is 0 Å². The lowest BCUT2D eigenvalue weighted by Gasteiger charge is -2.40. The number of hydrogen-bond donors (Lipinski definition) is 0. The highest BCUT2D eigenvalue weighted by molar-refractivity contribution is 6.71. The Kier molecular flexibility index (Phi) is 7.39. The second kappa shape index (κ2) is 6.77. The summed E-state index contributed by atoms with van der Waals surface area (Å²) in [6, 6.07) is 0. The molecule has 0 N–H and O–H groups in total. The van der Waals surface area contributed by atoms with Crippen LogP contribution in [0.25, 0.3) is 0 Å². The molecule has 0 aromatic rings. The van der Waals surface area contributed by atoms with Gasteiger partial charge in [-0.15, -0.1) is 0 Å². The molecule has 0 spiro atoms. The average Bonchev–Trinajstić information content (AvgIpc) is 2.27. The Balaban J connectivity index is 5.08. The molecular weight excluding hydrogens is 305 g/mol.